The van der Waals surface area contributed by atoms with Crippen LogP contribution in [-0.2, 0) is 4.79 Å². The van der Waals surface area contributed by atoms with Gasteiger partial charge >= 0.3 is 6.09 Å². The molecule has 0 fully saturated rings. The smallest absolute Gasteiger partial charge is 0.405 e. The molecule has 0 radical (unpaired) electrons. The van der Waals surface area contributed by atoms with Gasteiger partial charge in [-0.25, -0.2) is 9.18 Å². The van der Waals surface area contributed by atoms with Crippen molar-refractivity contribution in [1.29, 1.82) is 0 Å². The molecule has 7 heteroatoms. The van der Waals surface area contributed by atoms with Gasteiger partial charge in [0.1, 0.15) is 11.9 Å². The first kappa shape index (κ1) is 24.6. The first-order valence-electron chi connectivity index (χ1n) is 11.5. The van der Waals surface area contributed by atoms with E-state index in [-0.39, 0.29) is 5.69 Å². The maximum atomic E-state index is 15.2. The summed E-state index contributed by atoms with van der Waals surface area (Å²) in [5.41, 5.74) is 4.58. The van der Waals surface area contributed by atoms with Crippen molar-refractivity contribution in [3.63, 3.8) is 0 Å². The number of carbonyl (C=O) groups is 2. The number of hydrogen-bond donors (Lipinski definition) is 3. The number of nitrogens with one attached hydrogen (secondary N) is 2. The van der Waals surface area contributed by atoms with E-state index in [1.165, 1.54) is 6.07 Å². The molecule has 0 bridgehead atoms. The molecule has 1 aromatic heterocycles. The third kappa shape index (κ3) is 5.41. The Bertz CT molecular complexity index is 1320. The van der Waals surface area contributed by atoms with Gasteiger partial charge in [0.05, 0.1) is 0 Å². The Kier molecular flexibility index (Phi) is 7.39. The van der Waals surface area contributed by atoms with E-state index < -0.39 is 29.8 Å². The molecule has 2 amide bonds. The van der Waals surface area contributed by atoms with Crippen LogP contribution in [0.3, 0.4) is 0 Å². The molecule has 182 valence electrons. The summed E-state index contributed by atoms with van der Waals surface area (Å²) >= 11 is 0. The van der Waals surface area contributed by atoms with E-state index in [1.54, 1.807) is 24.5 Å². The molecule has 4 rings (SSSR count). The minimum atomic E-state index is -1.34. The predicted molar refractivity (Wildman–Crippen MR) is 137 cm³/mol. The molecule has 36 heavy (non-hydrogen) atoms. The van der Waals surface area contributed by atoms with Gasteiger partial charge in [-0.15, -0.1) is 0 Å². The summed E-state index contributed by atoms with van der Waals surface area (Å²) < 4.78 is 15.2. The van der Waals surface area contributed by atoms with Crippen LogP contribution in [0.2, 0.25) is 0 Å². The highest BCUT2D eigenvalue weighted by molar-refractivity contribution is 5.98. The Balaban J connectivity index is 1.68. The second-order valence-electron chi connectivity index (χ2n) is 8.56. The number of carboxylic acid groups (broad SMARTS) is 1. The van der Waals surface area contributed by atoms with E-state index in [4.69, 9.17) is 0 Å². The van der Waals surface area contributed by atoms with Gasteiger partial charge in [0.15, 0.2) is 0 Å². The van der Waals surface area contributed by atoms with Crippen LogP contribution >= 0.6 is 0 Å². The van der Waals surface area contributed by atoms with E-state index in [2.05, 4.69) is 15.6 Å². The number of halogens is 1. The second kappa shape index (κ2) is 10.8. The van der Waals surface area contributed by atoms with Gasteiger partial charge in [0.25, 0.3) is 0 Å². The van der Waals surface area contributed by atoms with E-state index >= 15 is 4.39 Å². The molecule has 0 aliphatic carbocycles. The molecule has 0 unspecified atom stereocenters. The summed E-state index contributed by atoms with van der Waals surface area (Å²) in [4.78, 5) is 29.3. The third-order valence-corrected chi connectivity index (χ3v) is 6.04. The Morgan fingerprint density at radius 3 is 1.92 bits per heavy atom. The zero-order chi connectivity index (χ0) is 25.7. The number of amides is 2. The minimum absolute atomic E-state index is 0.225. The van der Waals surface area contributed by atoms with Gasteiger partial charge in [-0.05, 0) is 59.9 Å². The number of hydrogen-bond acceptors (Lipinski definition) is 3. The van der Waals surface area contributed by atoms with Gasteiger partial charge in [-0.1, -0.05) is 60.7 Å². The van der Waals surface area contributed by atoms with Gasteiger partial charge in [0, 0.05) is 29.6 Å². The molecule has 3 N–H and O–H groups in total. The average Bonchev–Trinajstić information content (AvgIpc) is 2.86. The van der Waals surface area contributed by atoms with Crippen LogP contribution in [0, 0.1) is 19.7 Å². The van der Waals surface area contributed by atoms with E-state index in [0.29, 0.717) is 5.56 Å². The normalized spacial score (nSPS) is 11.7. The first-order chi connectivity index (χ1) is 17.3. The molecule has 1 atom stereocenters. The highest BCUT2D eigenvalue weighted by Gasteiger charge is 2.32. The fourth-order valence-electron chi connectivity index (χ4n) is 4.47. The molecule has 4 aromatic rings. The highest BCUT2D eigenvalue weighted by atomic mass is 19.1. The monoisotopic (exact) mass is 483 g/mol. The topological polar surface area (TPSA) is 91.3 Å². The van der Waals surface area contributed by atoms with E-state index in [9.17, 15) is 14.7 Å². The minimum Gasteiger partial charge on any atom is -0.465 e. The molecule has 0 aliphatic heterocycles. The number of aryl methyl sites for hydroxylation is 2. The lowest BCUT2D eigenvalue weighted by molar-refractivity contribution is -0.118. The lowest BCUT2D eigenvalue weighted by atomic mass is 9.84. The van der Waals surface area contributed by atoms with Crippen LogP contribution in [0.4, 0.5) is 14.9 Å². The van der Waals surface area contributed by atoms with Crippen molar-refractivity contribution in [3.8, 4) is 11.1 Å². The summed E-state index contributed by atoms with van der Waals surface area (Å²) in [6, 6.07) is 21.7. The third-order valence-electron chi connectivity index (χ3n) is 6.04. The molecule has 3 aromatic carbocycles. The summed E-state index contributed by atoms with van der Waals surface area (Å²) in [6.45, 7) is 3.72. The molecule has 6 nitrogen and oxygen atoms in total. The first-order valence-corrected chi connectivity index (χ1v) is 11.5. The largest absolute Gasteiger partial charge is 0.465 e. The summed E-state index contributed by atoms with van der Waals surface area (Å²) in [7, 11) is 0. The summed E-state index contributed by atoms with van der Waals surface area (Å²) in [5.74, 6) is -1.70. The SMILES string of the molecule is Cc1cncc(C)c1-c1ccc(NC(=O)[C@@H](NC(=O)O)C(c2ccccc2)c2ccccc2)cc1F. The maximum absolute atomic E-state index is 15.2. The van der Waals surface area contributed by atoms with Crippen molar-refractivity contribution in [2.24, 2.45) is 0 Å². The fourth-order valence-corrected chi connectivity index (χ4v) is 4.47. The van der Waals surface area contributed by atoms with Crippen molar-refractivity contribution in [2.75, 3.05) is 5.32 Å². The number of carbonyl (C=O) groups excluding carboxylic acids is 1. The zero-order valence-electron chi connectivity index (χ0n) is 19.9. The molecule has 0 aliphatic rings. The number of anilines is 1. The quantitative estimate of drug-likeness (QED) is 0.305. The highest BCUT2D eigenvalue weighted by Crippen LogP contribution is 2.32. The van der Waals surface area contributed by atoms with E-state index in [1.807, 2.05) is 74.5 Å². The fraction of sp³-hybridized carbons (Fsp3) is 0.138. The second-order valence-corrected chi connectivity index (χ2v) is 8.56. The van der Waals surface area contributed by atoms with Crippen LogP contribution in [0.5, 0.6) is 0 Å². The van der Waals surface area contributed by atoms with Crippen LogP contribution in [0.15, 0.2) is 91.3 Å². The molecule has 0 saturated carbocycles. The Morgan fingerprint density at radius 2 is 1.42 bits per heavy atom. The average molecular weight is 484 g/mol. The summed E-state index contributed by atoms with van der Waals surface area (Å²) in [6.07, 6.45) is 2.01. The van der Waals surface area contributed by atoms with Crippen molar-refractivity contribution in [2.45, 2.75) is 25.8 Å². The number of rotatable bonds is 7. The molecule has 1 heterocycles. The standard InChI is InChI=1S/C29H26FN3O3/c1-18-16-31-17-19(2)25(18)23-14-13-22(15-24(23)30)32-28(34)27(33-29(35)36)26(20-9-5-3-6-10-20)21-11-7-4-8-12-21/h3-17,26-27,33H,1-2H3,(H,32,34)(H,35,36)/t27-/m0/s1. The Labute approximate surface area is 208 Å². The number of aromatic nitrogens is 1. The number of benzene rings is 3. The van der Waals surface area contributed by atoms with Crippen molar-refractivity contribution in [3.05, 3.63) is 119 Å². The molecular weight excluding hydrogens is 457 g/mol. The lowest BCUT2D eigenvalue weighted by Gasteiger charge is -2.27. The van der Waals surface area contributed by atoms with Crippen LogP contribution in [-0.4, -0.2) is 28.1 Å². The zero-order valence-corrected chi connectivity index (χ0v) is 19.9. The van der Waals surface area contributed by atoms with E-state index in [0.717, 1.165) is 27.8 Å². The summed E-state index contributed by atoms with van der Waals surface area (Å²) in [5, 5.41) is 14.6. The molecular formula is C29H26FN3O3. The van der Waals surface area contributed by atoms with Crippen molar-refractivity contribution >= 4 is 17.7 Å². The molecule has 0 saturated heterocycles. The van der Waals surface area contributed by atoms with Gasteiger partial charge < -0.3 is 15.7 Å². The number of pyridine rings is 1. The maximum Gasteiger partial charge on any atom is 0.405 e. The van der Waals surface area contributed by atoms with Crippen molar-refractivity contribution < 1.29 is 19.1 Å². The molecule has 0 spiro atoms. The van der Waals surface area contributed by atoms with Crippen LogP contribution < -0.4 is 10.6 Å². The van der Waals surface area contributed by atoms with Crippen molar-refractivity contribution in [1.82, 2.24) is 10.3 Å². The number of nitrogens with zero attached hydrogens (tertiary/aromatic N) is 1. The lowest BCUT2D eigenvalue weighted by Crippen LogP contribution is -2.47. The van der Waals surface area contributed by atoms with Crippen LogP contribution in [0.1, 0.15) is 28.2 Å². The Morgan fingerprint density at radius 1 is 0.861 bits per heavy atom. The van der Waals surface area contributed by atoms with Crippen LogP contribution in [0.25, 0.3) is 11.1 Å². The predicted octanol–water partition coefficient (Wildman–Crippen LogP) is 5.91. The Hall–Kier alpha value is -4.52. The van der Waals surface area contributed by atoms with Gasteiger partial charge in [0.2, 0.25) is 5.91 Å². The van der Waals surface area contributed by atoms with Gasteiger partial charge in [-0.3, -0.25) is 9.78 Å². The van der Waals surface area contributed by atoms with Gasteiger partial charge in [-0.2, -0.15) is 0 Å².